The third-order valence-electron chi connectivity index (χ3n) is 8.54. The molecule has 252 valence electrons. The molecule has 1 heterocycles. The van der Waals surface area contributed by atoms with Gasteiger partial charge in [0.2, 0.25) is 0 Å². The Morgan fingerprint density at radius 3 is 1.63 bits per heavy atom. The highest BCUT2D eigenvalue weighted by atomic mass is 16.4. The first-order valence-electron chi connectivity index (χ1n) is 16.3. The zero-order chi connectivity index (χ0) is 35.1. The number of carboxylic acids is 2. The molecule has 1 atom stereocenters. The van der Waals surface area contributed by atoms with E-state index in [1.807, 2.05) is 36.4 Å². The Balaban J connectivity index is 0.000000205. The van der Waals surface area contributed by atoms with Crippen molar-refractivity contribution in [2.75, 3.05) is 19.6 Å². The lowest BCUT2D eigenvalue weighted by Crippen LogP contribution is -2.30. The number of aliphatic hydroxyl groups is 1. The second-order valence-electron chi connectivity index (χ2n) is 12.0. The van der Waals surface area contributed by atoms with Crippen molar-refractivity contribution in [1.29, 1.82) is 0 Å². The summed E-state index contributed by atoms with van der Waals surface area (Å²) in [5.41, 5.74) is 1.82. The molecule has 0 saturated carbocycles. The molecule has 9 nitrogen and oxygen atoms in total. The number of rotatable bonds is 11. The van der Waals surface area contributed by atoms with E-state index in [0.717, 1.165) is 42.5 Å². The summed E-state index contributed by atoms with van der Waals surface area (Å²) >= 11 is 0. The summed E-state index contributed by atoms with van der Waals surface area (Å²) < 4.78 is 0. The van der Waals surface area contributed by atoms with Gasteiger partial charge in [0.15, 0.2) is 0 Å². The molecule has 5 N–H and O–H groups in total. The molecule has 0 spiro atoms. The van der Waals surface area contributed by atoms with Crippen molar-refractivity contribution >= 4 is 44.4 Å². The second-order valence-corrected chi connectivity index (χ2v) is 12.0. The fourth-order valence-electron chi connectivity index (χ4n) is 6.22. The maximum absolute atomic E-state index is 11.6. The summed E-state index contributed by atoms with van der Waals surface area (Å²) in [7, 11) is 0. The number of aromatic nitrogens is 1. The van der Waals surface area contributed by atoms with E-state index in [9.17, 15) is 35.1 Å². The van der Waals surface area contributed by atoms with E-state index >= 15 is 0 Å². The van der Waals surface area contributed by atoms with Gasteiger partial charge in [0.25, 0.3) is 0 Å². The van der Waals surface area contributed by atoms with Gasteiger partial charge in [0.1, 0.15) is 28.7 Å². The molecule has 6 aromatic rings. The number of carbonyl (C=O) groups is 2. The van der Waals surface area contributed by atoms with Crippen molar-refractivity contribution in [3.05, 3.63) is 125 Å². The van der Waals surface area contributed by atoms with E-state index in [2.05, 4.69) is 23.7 Å². The summed E-state index contributed by atoms with van der Waals surface area (Å²) in [6, 6.07) is 28.8. The molecule has 1 unspecified atom stereocenters. The number of benzene rings is 5. The molecule has 6 rings (SSSR count). The number of aliphatic hydroxyl groups excluding tert-OH is 1. The third kappa shape index (κ3) is 7.80. The van der Waals surface area contributed by atoms with E-state index in [0.29, 0.717) is 39.2 Å². The summed E-state index contributed by atoms with van der Waals surface area (Å²) in [6.07, 6.45) is 1.66. The monoisotopic (exact) mass is 660 g/mol. The number of pyridine rings is 1. The molecule has 9 heteroatoms. The Morgan fingerprint density at radius 2 is 1.14 bits per heavy atom. The number of fused-ring (bicyclic) bond motifs is 3. The fraction of sp³-hybridized carbons (Fsp3) is 0.225. The SMILES string of the molecule is CCCN(CCC)CC(O)c1ccc2ccccc2n1.O=C(O)c1cc2ccccc2c(Cc2c(O)c(C(=O)O)cc3ccccc23)c1O. The lowest BCUT2D eigenvalue weighted by Gasteiger charge is -2.23. The Kier molecular flexibility index (Phi) is 11.1. The minimum Gasteiger partial charge on any atom is -0.507 e. The van der Waals surface area contributed by atoms with E-state index in [-0.39, 0.29) is 17.5 Å². The Morgan fingerprint density at radius 1 is 0.673 bits per heavy atom. The van der Waals surface area contributed by atoms with Gasteiger partial charge in [-0.3, -0.25) is 4.98 Å². The number of carboxylic acid groups (broad SMARTS) is 2. The van der Waals surface area contributed by atoms with Crippen LogP contribution in [0.3, 0.4) is 0 Å². The van der Waals surface area contributed by atoms with Crippen molar-refractivity contribution in [3.8, 4) is 11.5 Å². The minimum absolute atomic E-state index is 0.0407. The van der Waals surface area contributed by atoms with Crippen LogP contribution in [0.25, 0.3) is 32.4 Å². The highest BCUT2D eigenvalue weighted by molar-refractivity contribution is 6.02. The predicted octanol–water partition coefficient (Wildman–Crippen LogP) is 7.78. The number of aromatic hydroxyl groups is 2. The van der Waals surface area contributed by atoms with Gasteiger partial charge in [-0.15, -0.1) is 0 Å². The van der Waals surface area contributed by atoms with Crippen molar-refractivity contribution < 1.29 is 35.1 Å². The summed E-state index contributed by atoms with van der Waals surface area (Å²) in [6.45, 7) is 7.05. The van der Waals surface area contributed by atoms with Crippen LogP contribution in [0.4, 0.5) is 0 Å². The van der Waals surface area contributed by atoms with Crippen LogP contribution in [0, 0.1) is 0 Å². The van der Waals surface area contributed by atoms with Gasteiger partial charge in [-0.1, -0.05) is 86.6 Å². The van der Waals surface area contributed by atoms with Gasteiger partial charge in [0.05, 0.1) is 11.2 Å². The van der Waals surface area contributed by atoms with Crippen molar-refractivity contribution in [2.45, 2.75) is 39.2 Å². The first kappa shape index (κ1) is 34.8. The van der Waals surface area contributed by atoms with Crippen LogP contribution in [0.15, 0.2) is 97.1 Å². The highest BCUT2D eigenvalue weighted by Gasteiger charge is 2.22. The van der Waals surface area contributed by atoms with Gasteiger partial charge in [0, 0.05) is 29.5 Å². The van der Waals surface area contributed by atoms with E-state index in [1.165, 1.54) is 12.1 Å². The van der Waals surface area contributed by atoms with Crippen LogP contribution in [-0.2, 0) is 6.42 Å². The molecular formula is C40H40N2O7. The Hall–Kier alpha value is -5.51. The largest absolute Gasteiger partial charge is 0.507 e. The molecule has 0 bridgehead atoms. The van der Waals surface area contributed by atoms with Crippen LogP contribution in [0.1, 0.15) is 70.3 Å². The zero-order valence-electron chi connectivity index (χ0n) is 27.5. The van der Waals surface area contributed by atoms with Gasteiger partial charge in [-0.25, -0.2) is 9.59 Å². The molecule has 0 saturated heterocycles. The average molecular weight is 661 g/mol. The topological polar surface area (TPSA) is 151 Å². The molecule has 0 radical (unpaired) electrons. The number of para-hydroxylation sites is 1. The summed E-state index contributed by atoms with van der Waals surface area (Å²) in [4.78, 5) is 30.1. The maximum atomic E-state index is 11.6. The van der Waals surface area contributed by atoms with Crippen LogP contribution in [-0.4, -0.2) is 67.0 Å². The number of hydrogen-bond acceptors (Lipinski definition) is 7. The van der Waals surface area contributed by atoms with Crippen molar-refractivity contribution in [3.63, 3.8) is 0 Å². The summed E-state index contributed by atoms with van der Waals surface area (Å²) in [5.74, 6) is -3.36. The van der Waals surface area contributed by atoms with Crippen molar-refractivity contribution in [2.24, 2.45) is 0 Å². The molecule has 1 aromatic heterocycles. The molecule has 49 heavy (non-hydrogen) atoms. The molecule has 5 aromatic carbocycles. The predicted molar refractivity (Wildman–Crippen MR) is 192 cm³/mol. The molecule has 0 aliphatic carbocycles. The van der Waals surface area contributed by atoms with Crippen LogP contribution < -0.4 is 0 Å². The average Bonchev–Trinajstić information content (AvgIpc) is 3.10. The fourth-order valence-corrected chi connectivity index (χ4v) is 6.22. The first-order valence-corrected chi connectivity index (χ1v) is 16.3. The van der Waals surface area contributed by atoms with Crippen LogP contribution in [0.5, 0.6) is 11.5 Å². The quantitative estimate of drug-likeness (QED) is 0.0938. The van der Waals surface area contributed by atoms with Gasteiger partial charge >= 0.3 is 11.9 Å². The number of phenols is 2. The normalized spacial score (nSPS) is 11.8. The molecular weight excluding hydrogens is 620 g/mol. The Labute approximate surface area is 284 Å². The third-order valence-corrected chi connectivity index (χ3v) is 8.54. The van der Waals surface area contributed by atoms with E-state index < -0.39 is 29.5 Å². The number of aromatic carboxylic acids is 2. The maximum Gasteiger partial charge on any atom is 0.339 e. The van der Waals surface area contributed by atoms with E-state index in [4.69, 9.17) is 0 Å². The molecule has 0 aliphatic heterocycles. The Bertz CT molecular complexity index is 2020. The smallest absolute Gasteiger partial charge is 0.339 e. The van der Waals surface area contributed by atoms with E-state index in [1.54, 1.807) is 48.5 Å². The standard InChI is InChI=1S/C23H16O6.C17H24N2O/c24-20-16(14-7-3-1-5-12(14)9-18(20)22(26)27)11-17-15-8-4-2-6-13(15)10-19(21(17)25)23(28)29;1-3-11-19(12-4-2)13-17(20)16-10-9-14-7-5-6-8-15(14)18-16/h1-10,24-25H,11H2,(H,26,27)(H,28,29);5-10,17,20H,3-4,11-13H2,1-2H3. The zero-order valence-corrected chi connectivity index (χ0v) is 27.5. The van der Waals surface area contributed by atoms with Crippen LogP contribution >= 0.6 is 0 Å². The van der Waals surface area contributed by atoms with Gasteiger partial charge < -0.3 is 30.4 Å². The van der Waals surface area contributed by atoms with Crippen LogP contribution in [0.2, 0.25) is 0 Å². The molecule has 0 amide bonds. The lowest BCUT2D eigenvalue weighted by atomic mass is 9.90. The second kappa shape index (κ2) is 15.6. The minimum atomic E-state index is -1.28. The highest BCUT2D eigenvalue weighted by Crippen LogP contribution is 2.38. The number of hydrogen-bond donors (Lipinski definition) is 5. The first-order chi connectivity index (χ1) is 23.6. The molecule has 0 aliphatic rings. The van der Waals surface area contributed by atoms with Gasteiger partial charge in [-0.2, -0.15) is 0 Å². The molecule has 0 fully saturated rings. The van der Waals surface area contributed by atoms with Gasteiger partial charge in [-0.05, 0) is 71.7 Å². The number of nitrogens with zero attached hydrogens (tertiary/aromatic N) is 2. The van der Waals surface area contributed by atoms with Crippen molar-refractivity contribution in [1.82, 2.24) is 9.88 Å². The lowest BCUT2D eigenvalue weighted by molar-refractivity contribution is 0.0682. The summed E-state index contributed by atoms with van der Waals surface area (Å²) in [5, 5.41) is 54.3.